The van der Waals surface area contributed by atoms with Gasteiger partial charge in [-0.15, -0.1) is 10.2 Å². The zero-order chi connectivity index (χ0) is 22.3. The predicted octanol–water partition coefficient (Wildman–Crippen LogP) is 5.27. The first kappa shape index (κ1) is 21.8. The van der Waals surface area contributed by atoms with Crippen LogP contribution in [0.25, 0.3) is 11.3 Å². The van der Waals surface area contributed by atoms with E-state index < -0.39 is 0 Å². The quantitative estimate of drug-likeness (QED) is 0.553. The van der Waals surface area contributed by atoms with Crippen LogP contribution in [0.3, 0.4) is 0 Å². The molecule has 1 amide bonds. The second-order valence-electron chi connectivity index (χ2n) is 8.46. The lowest BCUT2D eigenvalue weighted by molar-refractivity contribution is -0.118. The minimum Gasteiger partial charge on any atom is -0.484 e. The van der Waals surface area contributed by atoms with Crippen LogP contribution in [0.4, 0.5) is 11.5 Å². The first-order valence-electron chi connectivity index (χ1n) is 11.3. The molecular formula is C26H30N4O2. The van der Waals surface area contributed by atoms with Gasteiger partial charge in [-0.25, -0.2) is 0 Å². The van der Waals surface area contributed by atoms with E-state index in [4.69, 9.17) is 4.74 Å². The van der Waals surface area contributed by atoms with Crippen molar-refractivity contribution in [2.75, 3.05) is 29.9 Å². The molecule has 1 saturated heterocycles. The van der Waals surface area contributed by atoms with Crippen LogP contribution in [0.5, 0.6) is 5.75 Å². The van der Waals surface area contributed by atoms with Gasteiger partial charge >= 0.3 is 0 Å². The highest BCUT2D eigenvalue weighted by Crippen LogP contribution is 2.23. The van der Waals surface area contributed by atoms with Crippen molar-refractivity contribution in [1.82, 2.24) is 10.2 Å². The molecule has 2 heterocycles. The van der Waals surface area contributed by atoms with Gasteiger partial charge in [-0.2, -0.15) is 0 Å². The van der Waals surface area contributed by atoms with Crippen molar-refractivity contribution in [3.63, 3.8) is 0 Å². The average Bonchev–Trinajstić information content (AvgIpc) is 2.84. The Morgan fingerprint density at radius 3 is 2.28 bits per heavy atom. The summed E-state index contributed by atoms with van der Waals surface area (Å²) in [5.74, 6) is 1.90. The number of hydrogen-bond donors (Lipinski definition) is 1. The number of ether oxygens (including phenoxy) is 1. The third kappa shape index (κ3) is 5.63. The third-order valence-electron chi connectivity index (χ3n) is 5.71. The molecule has 0 atom stereocenters. The molecule has 1 fully saturated rings. The van der Waals surface area contributed by atoms with Crippen LogP contribution >= 0.6 is 0 Å². The molecule has 4 rings (SSSR count). The van der Waals surface area contributed by atoms with E-state index in [0.29, 0.717) is 11.7 Å². The number of rotatable bonds is 7. The van der Waals surface area contributed by atoms with Crippen molar-refractivity contribution in [2.24, 2.45) is 0 Å². The molecule has 2 aromatic carbocycles. The zero-order valence-electron chi connectivity index (χ0n) is 18.8. The van der Waals surface area contributed by atoms with Gasteiger partial charge < -0.3 is 15.0 Å². The smallest absolute Gasteiger partial charge is 0.262 e. The number of aromatic nitrogens is 2. The van der Waals surface area contributed by atoms with Gasteiger partial charge in [0.2, 0.25) is 0 Å². The van der Waals surface area contributed by atoms with Crippen LogP contribution < -0.4 is 15.0 Å². The highest BCUT2D eigenvalue weighted by atomic mass is 16.5. The van der Waals surface area contributed by atoms with Gasteiger partial charge in [0.15, 0.2) is 12.4 Å². The van der Waals surface area contributed by atoms with Gasteiger partial charge in [0.1, 0.15) is 5.75 Å². The summed E-state index contributed by atoms with van der Waals surface area (Å²) in [4.78, 5) is 14.5. The molecule has 0 aliphatic carbocycles. The van der Waals surface area contributed by atoms with Crippen molar-refractivity contribution >= 4 is 17.4 Å². The van der Waals surface area contributed by atoms with Gasteiger partial charge in [0.25, 0.3) is 5.91 Å². The maximum atomic E-state index is 12.2. The van der Waals surface area contributed by atoms with Crippen molar-refractivity contribution in [2.45, 2.75) is 39.0 Å². The summed E-state index contributed by atoms with van der Waals surface area (Å²) in [6.45, 7) is 6.36. The summed E-state index contributed by atoms with van der Waals surface area (Å²) < 4.78 is 5.59. The molecule has 32 heavy (non-hydrogen) atoms. The van der Waals surface area contributed by atoms with Gasteiger partial charge in [0, 0.05) is 24.3 Å². The molecular weight excluding hydrogens is 400 g/mol. The van der Waals surface area contributed by atoms with Gasteiger partial charge in [-0.3, -0.25) is 4.79 Å². The van der Waals surface area contributed by atoms with E-state index >= 15 is 0 Å². The minimum absolute atomic E-state index is 0.0355. The van der Waals surface area contributed by atoms with Crippen LogP contribution in [0.1, 0.15) is 44.6 Å². The average molecular weight is 431 g/mol. The van der Waals surface area contributed by atoms with Crippen molar-refractivity contribution in [3.05, 3.63) is 66.2 Å². The zero-order valence-corrected chi connectivity index (χ0v) is 18.8. The maximum absolute atomic E-state index is 12.2. The molecule has 1 aliphatic rings. The van der Waals surface area contributed by atoms with E-state index in [1.165, 1.54) is 24.8 Å². The number of hydrogen-bond acceptors (Lipinski definition) is 5. The number of anilines is 2. The fourth-order valence-electron chi connectivity index (χ4n) is 3.79. The first-order valence-corrected chi connectivity index (χ1v) is 11.3. The Balaban J connectivity index is 1.29. The summed E-state index contributed by atoms with van der Waals surface area (Å²) in [7, 11) is 0. The summed E-state index contributed by atoms with van der Waals surface area (Å²) in [5, 5.41) is 11.7. The number of nitrogens with zero attached hydrogens (tertiary/aromatic N) is 3. The first-order chi connectivity index (χ1) is 15.6. The predicted molar refractivity (Wildman–Crippen MR) is 128 cm³/mol. The van der Waals surface area contributed by atoms with E-state index in [9.17, 15) is 4.79 Å². The number of carbonyl (C=O) groups excluding carboxylic acids is 1. The lowest BCUT2D eigenvalue weighted by atomic mass is 10.0. The molecule has 166 valence electrons. The largest absolute Gasteiger partial charge is 0.484 e. The van der Waals surface area contributed by atoms with Gasteiger partial charge in [-0.05, 0) is 67.1 Å². The summed E-state index contributed by atoms with van der Waals surface area (Å²) in [6, 6.07) is 19.5. The molecule has 3 aromatic rings. The monoisotopic (exact) mass is 430 g/mol. The van der Waals surface area contributed by atoms with Crippen LogP contribution in [-0.2, 0) is 4.79 Å². The van der Waals surface area contributed by atoms with E-state index in [-0.39, 0.29) is 12.5 Å². The molecule has 0 spiro atoms. The van der Waals surface area contributed by atoms with Gasteiger partial charge in [-0.1, -0.05) is 38.1 Å². The Hall–Kier alpha value is -3.41. The number of piperidine rings is 1. The minimum atomic E-state index is -0.198. The molecule has 0 unspecified atom stereocenters. The molecule has 1 aromatic heterocycles. The van der Waals surface area contributed by atoms with E-state index in [0.717, 1.165) is 35.9 Å². The lowest BCUT2D eigenvalue weighted by Crippen LogP contribution is -2.30. The molecule has 1 aliphatic heterocycles. The van der Waals surface area contributed by atoms with Crippen molar-refractivity contribution in [1.29, 1.82) is 0 Å². The van der Waals surface area contributed by atoms with E-state index in [1.807, 2.05) is 60.7 Å². The van der Waals surface area contributed by atoms with Crippen LogP contribution in [0.15, 0.2) is 60.7 Å². The van der Waals surface area contributed by atoms with Crippen LogP contribution in [0, 0.1) is 0 Å². The normalized spacial score (nSPS) is 13.8. The molecule has 6 heteroatoms. The molecule has 0 saturated carbocycles. The van der Waals surface area contributed by atoms with Crippen LogP contribution in [-0.4, -0.2) is 35.8 Å². The summed E-state index contributed by atoms with van der Waals surface area (Å²) in [6.07, 6.45) is 3.72. The number of nitrogens with one attached hydrogen (secondary N) is 1. The fourth-order valence-corrected chi connectivity index (χ4v) is 3.79. The molecule has 1 N–H and O–H groups in total. The molecule has 0 radical (unpaired) electrons. The number of amides is 1. The second kappa shape index (κ2) is 10.3. The third-order valence-corrected chi connectivity index (χ3v) is 5.71. The standard InChI is InChI=1S/C26H30N4O2/c1-19(2)20-8-12-23(13-9-20)32-18-26(31)27-22-10-6-21(7-11-22)24-14-15-25(29-28-24)30-16-4-3-5-17-30/h6-15,19H,3-5,16-18H2,1-2H3,(H,27,31). The molecule has 0 bridgehead atoms. The highest BCUT2D eigenvalue weighted by Gasteiger charge is 2.13. The summed E-state index contributed by atoms with van der Waals surface area (Å²) in [5.41, 5.74) is 3.74. The fraction of sp³-hybridized carbons (Fsp3) is 0.346. The Labute approximate surface area is 189 Å². The Morgan fingerprint density at radius 1 is 0.938 bits per heavy atom. The maximum Gasteiger partial charge on any atom is 0.262 e. The van der Waals surface area contributed by atoms with Crippen LogP contribution in [0.2, 0.25) is 0 Å². The van der Waals surface area contributed by atoms with Crippen molar-refractivity contribution < 1.29 is 9.53 Å². The Morgan fingerprint density at radius 2 is 1.66 bits per heavy atom. The summed E-state index contributed by atoms with van der Waals surface area (Å²) >= 11 is 0. The van der Waals surface area contributed by atoms with Crippen molar-refractivity contribution in [3.8, 4) is 17.0 Å². The Bertz CT molecular complexity index is 1010. The molecule has 6 nitrogen and oxygen atoms in total. The lowest BCUT2D eigenvalue weighted by Gasteiger charge is -2.27. The highest BCUT2D eigenvalue weighted by molar-refractivity contribution is 5.92. The SMILES string of the molecule is CC(C)c1ccc(OCC(=O)Nc2ccc(-c3ccc(N4CCCCC4)nn3)cc2)cc1. The van der Waals surface area contributed by atoms with E-state index in [1.54, 1.807) is 0 Å². The Kier molecular flexibility index (Phi) is 7.00. The number of carbonyl (C=O) groups is 1. The van der Waals surface area contributed by atoms with E-state index in [2.05, 4.69) is 34.3 Å². The second-order valence-corrected chi connectivity index (χ2v) is 8.46. The number of benzene rings is 2. The van der Waals surface area contributed by atoms with Gasteiger partial charge in [0.05, 0.1) is 5.69 Å². The topological polar surface area (TPSA) is 67.3 Å².